The highest BCUT2D eigenvalue weighted by atomic mass is 19.4. The molecule has 1 aromatic heterocycles. The van der Waals surface area contributed by atoms with E-state index in [0.717, 1.165) is 22.3 Å². The maximum absolute atomic E-state index is 13.4. The summed E-state index contributed by atoms with van der Waals surface area (Å²) in [6, 6.07) is 3.66. The summed E-state index contributed by atoms with van der Waals surface area (Å²) in [7, 11) is 1.47. The van der Waals surface area contributed by atoms with E-state index in [1.165, 1.54) is 14.0 Å². The van der Waals surface area contributed by atoms with Gasteiger partial charge < -0.3 is 20.4 Å². The molecule has 11 heteroatoms. The number of rotatable bonds is 8. The first-order valence-electron chi connectivity index (χ1n) is 13.1. The van der Waals surface area contributed by atoms with Crippen molar-refractivity contribution in [2.24, 2.45) is 5.41 Å². The summed E-state index contributed by atoms with van der Waals surface area (Å²) >= 11 is 0. The fourth-order valence-electron chi connectivity index (χ4n) is 5.10. The number of halogens is 6. The van der Waals surface area contributed by atoms with Gasteiger partial charge in [0.15, 0.2) is 11.4 Å². The van der Waals surface area contributed by atoms with Gasteiger partial charge in [-0.15, -0.1) is 0 Å². The molecule has 5 nitrogen and oxygen atoms in total. The largest absolute Gasteiger partial charge is 0.618 e. The second-order valence-electron chi connectivity index (χ2n) is 11.5. The van der Waals surface area contributed by atoms with E-state index in [4.69, 9.17) is 4.74 Å². The number of benzene rings is 1. The average molecular weight is 575 g/mol. The van der Waals surface area contributed by atoms with E-state index in [0.29, 0.717) is 42.1 Å². The lowest BCUT2D eigenvalue weighted by Crippen LogP contribution is -2.40. The minimum Gasteiger partial charge on any atom is -0.618 e. The van der Waals surface area contributed by atoms with Crippen molar-refractivity contribution < 1.29 is 40.9 Å². The maximum atomic E-state index is 13.4. The predicted molar refractivity (Wildman–Crippen MR) is 139 cm³/mol. The number of methoxy groups -OCH3 is 1. The van der Waals surface area contributed by atoms with Gasteiger partial charge in [-0.25, -0.2) is 0 Å². The Balaban J connectivity index is 1.98. The Morgan fingerprint density at radius 3 is 2.10 bits per heavy atom. The molecule has 2 aromatic rings. The van der Waals surface area contributed by atoms with Crippen LogP contribution in [0.25, 0.3) is 5.57 Å². The molecule has 0 fully saturated rings. The van der Waals surface area contributed by atoms with Crippen LogP contribution in [0.3, 0.4) is 0 Å². The van der Waals surface area contributed by atoms with Crippen LogP contribution in [0.5, 0.6) is 5.75 Å². The Morgan fingerprint density at radius 2 is 1.60 bits per heavy atom. The van der Waals surface area contributed by atoms with Crippen molar-refractivity contribution in [1.29, 1.82) is 0 Å². The number of nitrogens with zero attached hydrogens (tertiary/aromatic N) is 1. The summed E-state index contributed by atoms with van der Waals surface area (Å²) < 4.78 is 86.4. The number of hydrogen-bond acceptors (Lipinski definition) is 4. The second kappa shape index (κ2) is 11.6. The molecule has 1 heterocycles. The molecular formula is C29H36F6N2O3. The lowest BCUT2D eigenvalue weighted by atomic mass is 9.73. The van der Waals surface area contributed by atoms with Gasteiger partial charge in [0, 0.05) is 30.1 Å². The van der Waals surface area contributed by atoms with Crippen LogP contribution in [0.2, 0.25) is 0 Å². The number of pyridine rings is 1. The van der Waals surface area contributed by atoms with Crippen molar-refractivity contribution in [1.82, 2.24) is 5.32 Å². The first kappa shape index (κ1) is 31.7. The highest BCUT2D eigenvalue weighted by Gasteiger charge is 2.38. The third kappa shape index (κ3) is 7.09. The van der Waals surface area contributed by atoms with Gasteiger partial charge in [-0.3, -0.25) is 0 Å². The standard InChI is InChI=1S/C29H36F6N2O3/c1-16(2)23-7-8-24(40-6)25(37(23)39)22-9-10-27(4,5)14-19(22)15-36-17(3)26(38)18-11-20(28(30,31)32)13-21(12-18)29(33,34)35/h7-8,11-13,16-17,26,36,38H,9-10,14-15H2,1-6H3/t17-,26-/m0/s1. The lowest BCUT2D eigenvalue weighted by molar-refractivity contribution is -0.618. The van der Waals surface area contributed by atoms with E-state index >= 15 is 0 Å². The lowest BCUT2D eigenvalue weighted by Gasteiger charge is -2.34. The van der Waals surface area contributed by atoms with Crippen molar-refractivity contribution in [3.63, 3.8) is 0 Å². The molecule has 1 aromatic carbocycles. The zero-order chi connectivity index (χ0) is 30.2. The van der Waals surface area contributed by atoms with Crippen molar-refractivity contribution >= 4 is 5.57 Å². The third-order valence-corrected chi connectivity index (χ3v) is 7.41. The molecule has 1 aliphatic rings. The van der Waals surface area contributed by atoms with E-state index in [9.17, 15) is 36.7 Å². The minimum atomic E-state index is -5.02. The molecule has 0 bridgehead atoms. The van der Waals surface area contributed by atoms with Crippen LogP contribution in [0.4, 0.5) is 26.3 Å². The van der Waals surface area contributed by atoms with Crippen LogP contribution >= 0.6 is 0 Å². The van der Waals surface area contributed by atoms with Crippen LogP contribution in [-0.2, 0) is 12.4 Å². The van der Waals surface area contributed by atoms with Gasteiger partial charge in [-0.1, -0.05) is 27.7 Å². The van der Waals surface area contributed by atoms with Crippen molar-refractivity contribution in [3.8, 4) is 5.75 Å². The van der Waals surface area contributed by atoms with Gasteiger partial charge >= 0.3 is 12.4 Å². The van der Waals surface area contributed by atoms with E-state index in [1.54, 1.807) is 12.1 Å². The van der Waals surface area contributed by atoms with E-state index < -0.39 is 41.2 Å². The molecule has 1 aliphatic carbocycles. The molecule has 0 aliphatic heterocycles. The Bertz CT molecular complexity index is 1220. The number of nitrogens with one attached hydrogen (secondary N) is 1. The molecule has 2 N–H and O–H groups in total. The van der Waals surface area contributed by atoms with Gasteiger partial charge in [0.2, 0.25) is 0 Å². The summed E-state index contributed by atoms with van der Waals surface area (Å²) in [5.74, 6) is 0.358. The Kier molecular flexibility index (Phi) is 9.20. The Morgan fingerprint density at radius 1 is 1.02 bits per heavy atom. The van der Waals surface area contributed by atoms with Gasteiger partial charge in [0.05, 0.1) is 24.3 Å². The average Bonchev–Trinajstić information content (AvgIpc) is 2.85. The van der Waals surface area contributed by atoms with E-state index in [-0.39, 0.29) is 23.9 Å². The number of alkyl halides is 6. The molecule has 0 radical (unpaired) electrons. The van der Waals surface area contributed by atoms with Crippen molar-refractivity contribution in [3.05, 3.63) is 69.2 Å². The minimum absolute atomic E-state index is 0.0341. The summed E-state index contributed by atoms with van der Waals surface area (Å²) in [6.45, 7) is 9.62. The number of aliphatic hydroxyl groups excluding tert-OH is 1. The second-order valence-corrected chi connectivity index (χ2v) is 11.5. The first-order valence-corrected chi connectivity index (χ1v) is 13.1. The smallest absolute Gasteiger partial charge is 0.416 e. The summed E-state index contributed by atoms with van der Waals surface area (Å²) in [4.78, 5) is 0. The summed E-state index contributed by atoms with van der Waals surface area (Å²) in [5, 5.41) is 27.3. The van der Waals surface area contributed by atoms with Gasteiger partial charge in [-0.2, -0.15) is 31.1 Å². The fourth-order valence-corrected chi connectivity index (χ4v) is 5.10. The molecular weight excluding hydrogens is 538 g/mol. The summed E-state index contributed by atoms with van der Waals surface area (Å²) in [5.41, 5.74) is -0.984. The zero-order valence-electron chi connectivity index (χ0n) is 23.4. The number of ether oxygens (including phenoxy) is 1. The van der Waals surface area contributed by atoms with Crippen LogP contribution in [0, 0.1) is 10.6 Å². The molecule has 40 heavy (non-hydrogen) atoms. The first-order chi connectivity index (χ1) is 18.4. The van der Waals surface area contributed by atoms with Crippen molar-refractivity contribution in [2.75, 3.05) is 13.7 Å². The molecule has 0 saturated carbocycles. The van der Waals surface area contributed by atoms with E-state index in [2.05, 4.69) is 19.2 Å². The summed E-state index contributed by atoms with van der Waals surface area (Å²) in [6.07, 6.45) is -9.73. The quantitative estimate of drug-likeness (QED) is 0.199. The number of aromatic nitrogens is 1. The number of hydrogen-bond donors (Lipinski definition) is 2. The molecule has 222 valence electrons. The fraction of sp³-hybridized carbons (Fsp3) is 0.552. The SMILES string of the molecule is COc1ccc(C(C)C)[n+]([O-])c1C1=C(CN[C@@H](C)[C@H](O)c2cc(C(F)(F)F)cc(C(F)(F)F)c2)CC(C)(C)CC1. The van der Waals surface area contributed by atoms with Crippen LogP contribution < -0.4 is 14.8 Å². The highest BCUT2D eigenvalue weighted by Crippen LogP contribution is 2.44. The molecule has 3 rings (SSSR count). The Hall–Kier alpha value is -2.79. The molecule has 2 atom stereocenters. The number of allylic oxidation sites excluding steroid dienone is 1. The van der Waals surface area contributed by atoms with Crippen LogP contribution in [0.15, 0.2) is 35.9 Å². The normalized spacial score (nSPS) is 17.8. The molecule has 0 spiro atoms. The van der Waals surface area contributed by atoms with Crippen LogP contribution in [-0.4, -0.2) is 24.8 Å². The highest BCUT2D eigenvalue weighted by molar-refractivity contribution is 5.70. The van der Waals surface area contributed by atoms with Gasteiger partial charge in [-0.05, 0) is 67.0 Å². The van der Waals surface area contributed by atoms with Gasteiger partial charge in [0.1, 0.15) is 0 Å². The molecule has 0 unspecified atom stereocenters. The topological polar surface area (TPSA) is 68.4 Å². The molecule has 0 amide bonds. The van der Waals surface area contributed by atoms with Crippen molar-refractivity contribution in [2.45, 2.75) is 84.3 Å². The monoisotopic (exact) mass is 574 g/mol. The maximum Gasteiger partial charge on any atom is 0.416 e. The van der Waals surface area contributed by atoms with E-state index in [1.807, 2.05) is 13.8 Å². The predicted octanol–water partition coefficient (Wildman–Crippen LogP) is 7.17. The van der Waals surface area contributed by atoms with Crippen LogP contribution in [0.1, 0.15) is 94.0 Å². The zero-order valence-corrected chi connectivity index (χ0v) is 23.4. The Labute approximate surface area is 230 Å². The number of aliphatic hydroxyl groups is 1. The third-order valence-electron chi connectivity index (χ3n) is 7.41. The van der Waals surface area contributed by atoms with Gasteiger partial charge in [0.25, 0.3) is 5.69 Å². The molecule has 0 saturated heterocycles.